The van der Waals surface area contributed by atoms with E-state index in [1.165, 1.54) is 12.8 Å². The van der Waals surface area contributed by atoms with Gasteiger partial charge in [-0.25, -0.2) is 4.79 Å². The molecule has 1 aliphatic heterocycles. The van der Waals surface area contributed by atoms with Crippen molar-refractivity contribution in [2.75, 3.05) is 26.7 Å². The van der Waals surface area contributed by atoms with Crippen LogP contribution in [-0.2, 0) is 4.74 Å². The van der Waals surface area contributed by atoms with Gasteiger partial charge in [0.1, 0.15) is 5.60 Å². The zero-order chi connectivity index (χ0) is 18.1. The van der Waals surface area contributed by atoms with Gasteiger partial charge in [0.25, 0.3) is 0 Å². The van der Waals surface area contributed by atoms with E-state index in [9.17, 15) is 4.79 Å². The Bertz CT molecular complexity index is 440. The van der Waals surface area contributed by atoms with Crippen molar-refractivity contribution in [3.05, 3.63) is 0 Å². The van der Waals surface area contributed by atoms with E-state index in [-0.39, 0.29) is 11.5 Å². The number of piperidine rings is 1. The number of amides is 1. The van der Waals surface area contributed by atoms with Gasteiger partial charge in [-0.3, -0.25) is 4.90 Å². The van der Waals surface area contributed by atoms with Crippen molar-refractivity contribution >= 4 is 6.09 Å². The fourth-order valence-corrected chi connectivity index (χ4v) is 3.52. The molecule has 5 nitrogen and oxygen atoms in total. The third-order valence-electron chi connectivity index (χ3n) is 5.36. The van der Waals surface area contributed by atoms with Gasteiger partial charge in [0.05, 0.1) is 0 Å². The number of carbonyl (C=O) groups excluding carboxylic acids is 1. The van der Waals surface area contributed by atoms with E-state index >= 15 is 0 Å². The number of ether oxygens (including phenoxy) is 1. The van der Waals surface area contributed by atoms with Crippen LogP contribution >= 0.6 is 0 Å². The van der Waals surface area contributed by atoms with Crippen molar-refractivity contribution in [3.63, 3.8) is 0 Å². The Morgan fingerprint density at radius 1 is 1.33 bits per heavy atom. The molecule has 1 aliphatic carbocycles. The fourth-order valence-electron chi connectivity index (χ4n) is 3.52. The van der Waals surface area contributed by atoms with Crippen molar-refractivity contribution in [3.8, 4) is 0 Å². The number of hydrogen-bond acceptors (Lipinski definition) is 4. The summed E-state index contributed by atoms with van der Waals surface area (Å²) in [7, 11) is 2.24. The molecule has 5 heteroatoms. The average Bonchev–Trinajstić information content (AvgIpc) is 3.26. The van der Waals surface area contributed by atoms with E-state index in [0.29, 0.717) is 12.1 Å². The van der Waals surface area contributed by atoms with Crippen molar-refractivity contribution < 1.29 is 9.53 Å². The van der Waals surface area contributed by atoms with Crippen LogP contribution in [0.1, 0.15) is 60.8 Å². The maximum absolute atomic E-state index is 12.3. The second-order valence-corrected chi connectivity index (χ2v) is 9.39. The minimum atomic E-state index is -0.431. The molecule has 0 bridgehead atoms. The smallest absolute Gasteiger partial charge is 0.410 e. The number of nitrogens with one attached hydrogen (secondary N) is 1. The van der Waals surface area contributed by atoms with Gasteiger partial charge in [-0.05, 0) is 59.4 Å². The number of nitrogens with zero attached hydrogens (tertiary/aromatic N) is 2. The van der Waals surface area contributed by atoms with E-state index in [1.807, 2.05) is 25.7 Å². The Balaban J connectivity index is 1.83. The predicted molar refractivity (Wildman–Crippen MR) is 98.2 cm³/mol. The molecule has 1 saturated carbocycles. The lowest BCUT2D eigenvalue weighted by Crippen LogP contribution is -2.57. The van der Waals surface area contributed by atoms with Crippen molar-refractivity contribution in [1.82, 2.24) is 15.1 Å². The minimum Gasteiger partial charge on any atom is -0.444 e. The first-order valence-corrected chi connectivity index (χ1v) is 9.43. The summed E-state index contributed by atoms with van der Waals surface area (Å²) in [6.07, 6.45) is 3.49. The van der Waals surface area contributed by atoms with Gasteiger partial charge in [-0.15, -0.1) is 0 Å². The van der Waals surface area contributed by atoms with Crippen LogP contribution in [0.4, 0.5) is 4.79 Å². The lowest BCUT2D eigenvalue weighted by molar-refractivity contribution is 0.00171. The zero-order valence-electron chi connectivity index (χ0n) is 16.7. The fraction of sp³-hybridized carbons (Fsp3) is 0.947. The number of carbonyl (C=O) groups is 1. The van der Waals surface area contributed by atoms with E-state index < -0.39 is 5.60 Å². The van der Waals surface area contributed by atoms with Gasteiger partial charge in [-0.1, -0.05) is 13.8 Å². The number of hydrogen-bond donors (Lipinski definition) is 1. The van der Waals surface area contributed by atoms with E-state index in [4.69, 9.17) is 4.74 Å². The van der Waals surface area contributed by atoms with Gasteiger partial charge >= 0.3 is 6.09 Å². The Morgan fingerprint density at radius 3 is 2.46 bits per heavy atom. The first-order chi connectivity index (χ1) is 11.0. The van der Waals surface area contributed by atoms with Crippen LogP contribution in [0.25, 0.3) is 0 Å². The van der Waals surface area contributed by atoms with Gasteiger partial charge < -0.3 is 15.0 Å². The van der Waals surface area contributed by atoms with Gasteiger partial charge in [0.2, 0.25) is 0 Å². The molecule has 0 aromatic rings. The molecule has 24 heavy (non-hydrogen) atoms. The normalized spacial score (nSPS) is 25.7. The van der Waals surface area contributed by atoms with Crippen LogP contribution in [0.15, 0.2) is 0 Å². The van der Waals surface area contributed by atoms with Crippen LogP contribution in [0.2, 0.25) is 0 Å². The molecule has 2 aliphatic rings. The highest BCUT2D eigenvalue weighted by atomic mass is 16.6. The summed E-state index contributed by atoms with van der Waals surface area (Å²) < 4.78 is 5.53. The molecule has 0 spiro atoms. The van der Waals surface area contributed by atoms with Crippen LogP contribution in [0.5, 0.6) is 0 Å². The van der Waals surface area contributed by atoms with E-state index in [2.05, 4.69) is 38.0 Å². The number of likely N-dealkylation sites (tertiary alicyclic amines) is 1. The molecule has 1 saturated heterocycles. The largest absolute Gasteiger partial charge is 0.444 e. The summed E-state index contributed by atoms with van der Waals surface area (Å²) in [6, 6.07) is 1.78. The quantitative estimate of drug-likeness (QED) is 0.836. The Kier molecular flexibility index (Phi) is 5.86. The van der Waals surface area contributed by atoms with Crippen LogP contribution in [0.3, 0.4) is 0 Å². The van der Waals surface area contributed by atoms with E-state index in [1.54, 1.807) is 0 Å². The highest BCUT2D eigenvalue weighted by molar-refractivity contribution is 5.68. The first-order valence-electron chi connectivity index (χ1n) is 9.43. The monoisotopic (exact) mass is 339 g/mol. The van der Waals surface area contributed by atoms with Gasteiger partial charge in [-0.2, -0.15) is 0 Å². The Labute approximate surface area is 148 Å². The average molecular weight is 340 g/mol. The molecular formula is C19H37N3O2. The third kappa shape index (κ3) is 5.35. The summed E-state index contributed by atoms with van der Waals surface area (Å²) in [5, 5.41) is 3.76. The van der Waals surface area contributed by atoms with Crippen molar-refractivity contribution in [2.45, 2.75) is 84.5 Å². The predicted octanol–water partition coefficient (Wildman–Crippen LogP) is 3.09. The van der Waals surface area contributed by atoms with Gasteiger partial charge in [0, 0.05) is 37.8 Å². The standard InChI is InChI=1S/C19H37N3O2/c1-14(21(7)15-8-9-15)12-20-16-10-11-22(13-19(16,5)6)17(23)24-18(2,3)4/h14-16,20H,8-13H2,1-7H3. The SMILES string of the molecule is CC(CNC1CCN(C(=O)OC(C)(C)C)CC1(C)C)N(C)C1CC1. The molecule has 2 rings (SSSR count). The van der Waals surface area contributed by atoms with Crippen LogP contribution in [-0.4, -0.2) is 66.3 Å². The second-order valence-electron chi connectivity index (χ2n) is 9.39. The second kappa shape index (κ2) is 7.20. The lowest BCUT2D eigenvalue weighted by Gasteiger charge is -2.45. The highest BCUT2D eigenvalue weighted by Gasteiger charge is 2.39. The summed E-state index contributed by atoms with van der Waals surface area (Å²) in [6.45, 7) is 15.1. The molecule has 0 radical (unpaired) electrons. The van der Waals surface area contributed by atoms with E-state index in [0.717, 1.165) is 32.1 Å². The molecule has 2 unspecified atom stereocenters. The number of rotatable bonds is 5. The number of likely N-dealkylation sites (N-methyl/N-ethyl adjacent to an activating group) is 1. The molecular weight excluding hydrogens is 302 g/mol. The summed E-state index contributed by atoms with van der Waals surface area (Å²) in [5.74, 6) is 0. The van der Waals surface area contributed by atoms with Crippen molar-refractivity contribution in [1.29, 1.82) is 0 Å². The molecule has 2 atom stereocenters. The summed E-state index contributed by atoms with van der Waals surface area (Å²) >= 11 is 0. The molecule has 1 amide bonds. The summed E-state index contributed by atoms with van der Waals surface area (Å²) in [5.41, 5.74) is -0.383. The first kappa shape index (κ1) is 19.5. The maximum Gasteiger partial charge on any atom is 0.410 e. The molecule has 0 aromatic heterocycles. The zero-order valence-corrected chi connectivity index (χ0v) is 16.7. The van der Waals surface area contributed by atoms with Crippen LogP contribution < -0.4 is 5.32 Å². The molecule has 1 N–H and O–H groups in total. The maximum atomic E-state index is 12.3. The molecule has 0 aromatic carbocycles. The van der Waals surface area contributed by atoms with Gasteiger partial charge in [0.15, 0.2) is 0 Å². The minimum absolute atomic E-state index is 0.0486. The lowest BCUT2D eigenvalue weighted by atomic mass is 9.79. The Morgan fingerprint density at radius 2 is 1.96 bits per heavy atom. The van der Waals surface area contributed by atoms with Crippen molar-refractivity contribution in [2.24, 2.45) is 5.41 Å². The molecule has 140 valence electrons. The van der Waals surface area contributed by atoms with Crippen LogP contribution in [0, 0.1) is 5.41 Å². The topological polar surface area (TPSA) is 44.8 Å². The highest BCUT2D eigenvalue weighted by Crippen LogP contribution is 2.31. The third-order valence-corrected chi connectivity index (χ3v) is 5.36. The Hall–Kier alpha value is -0.810. The summed E-state index contributed by atoms with van der Waals surface area (Å²) in [4.78, 5) is 16.7. The molecule has 2 fully saturated rings. The molecule has 1 heterocycles.